The number of para-hydroxylation sites is 9. The Morgan fingerprint density at radius 1 is 0.116 bits per heavy atom. The van der Waals surface area contributed by atoms with Gasteiger partial charge in [-0.25, -0.2) is 0 Å². The summed E-state index contributed by atoms with van der Waals surface area (Å²) >= 11 is 0. The summed E-state index contributed by atoms with van der Waals surface area (Å²) in [5.74, 6) is 0. The van der Waals surface area contributed by atoms with Crippen LogP contribution in [-0.2, 0) is 0 Å². The molecular weight excluding hydrogens is 1790 g/mol. The fourth-order valence-electron chi connectivity index (χ4n) is 24.2. The molecule has 0 aliphatic carbocycles. The van der Waals surface area contributed by atoms with Crippen molar-refractivity contribution in [2.24, 2.45) is 0 Å². The largest absolute Gasteiger partial charge is 0.456 e. The van der Waals surface area contributed by atoms with Crippen LogP contribution in [0.1, 0.15) is 0 Å². The van der Waals surface area contributed by atoms with Crippen LogP contribution in [-0.4, -0.2) is 27.4 Å². The smallest absolute Gasteiger partial charge is 0.145 e. The lowest BCUT2D eigenvalue weighted by atomic mass is 9.99. The first-order chi connectivity index (χ1) is 72.9. The molecule has 0 N–H and O–H groups in total. The maximum absolute atomic E-state index is 6.67. The van der Waals surface area contributed by atoms with Crippen LogP contribution in [0.25, 0.3) is 296 Å². The quantitative estimate of drug-likeness (QED) is 0.145. The Balaban J connectivity index is 0.0000000999. The summed E-state index contributed by atoms with van der Waals surface area (Å²) < 4.78 is 33.8. The normalized spacial score (nSPS) is 12.1. The molecule has 0 fully saturated rings. The predicted octanol–water partition coefficient (Wildman–Crippen LogP) is 37.8. The van der Waals surface area contributed by atoms with Crippen molar-refractivity contribution in [1.29, 1.82) is 0 Å². The van der Waals surface area contributed by atoms with Gasteiger partial charge in [-0.15, -0.1) is 0 Å². The number of aromatic nitrogens is 6. The first-order valence-electron chi connectivity index (χ1n) is 50.3. The number of hydrogen-bond acceptors (Lipinski definition) is 3. The second kappa shape index (κ2) is 32.4. The average Bonchev–Trinajstić information content (AvgIpc) is 1.55. The number of hydrogen-bond donors (Lipinski definition) is 0. The van der Waals surface area contributed by atoms with Crippen LogP contribution in [0.5, 0.6) is 0 Å². The molecule has 24 aromatic carbocycles. The van der Waals surface area contributed by atoms with E-state index in [1.54, 1.807) is 0 Å². The van der Waals surface area contributed by atoms with Crippen molar-refractivity contribution in [1.82, 2.24) is 27.4 Å². The van der Waals surface area contributed by atoms with Crippen LogP contribution in [0.2, 0.25) is 0 Å². The molecule has 0 radical (unpaired) electrons. The Morgan fingerprint density at radius 3 is 0.837 bits per heavy atom. The zero-order valence-electron chi connectivity index (χ0n) is 79.4. The highest BCUT2D eigenvalue weighted by Gasteiger charge is 2.27. The standard InChI is InChI=1S/3C46H28N2O/c1-2-12-33(13-3-1)47-40-16-8-6-14-35(40)38-27-31(19-23-41(38)47)32-20-24-42-39(28-32)45-43(25-22-37-36-15-7-9-17-44(36)49-46(37)45)48(42)34-21-18-29-10-4-5-11-30(29)26-34;1-2-12-33(13-3-1)47-41-16-8-6-14-35(41)37-25-31(19-22-42(37)47)32-20-23-43-38(26-32)39-28-46-40(36-15-7-9-17-45(36)49-46)27-44(39)48(43)34-21-18-29-10-4-5-11-30(29)24-34;1-2-12-33(13-3-1)47-39-16-8-6-14-35(39)37-27-31(19-22-40(37)47)32-20-23-41-38(28-32)45-42(24-25-44-46(45)36-15-7-9-17-43(36)49-44)48(41)34-21-18-29-10-4-5-11-30(29)26-34/h3*1-28H. The summed E-state index contributed by atoms with van der Waals surface area (Å²) in [6, 6.07) is 184. The summed E-state index contributed by atoms with van der Waals surface area (Å²) in [6.45, 7) is 0. The highest BCUT2D eigenvalue weighted by Crippen LogP contribution is 2.50. The van der Waals surface area contributed by atoms with Gasteiger partial charge in [0, 0.05) is 126 Å². The minimum atomic E-state index is 0.909. The molecule has 0 aliphatic rings. The van der Waals surface area contributed by atoms with E-state index in [2.05, 4.69) is 519 Å². The SMILES string of the molecule is c1ccc(-n2c3ccccc3c3cc(-c4ccc5c(c4)c4c6c(ccc4n5-c4ccc5ccccc5c4)oc4ccccc46)ccc32)cc1.c1ccc(-n2c3ccccc3c3cc(-c4ccc5c(c4)c4c6oc7ccccc7c6ccc4n5-c4ccc5ccccc5c4)ccc32)cc1.c1ccc(-n2c3ccccc3c3cc(-c4ccc5c(c4)c4cc6oc7ccccc7c6cc4n5-c4ccc5ccccc5c4)ccc32)cc1. The minimum Gasteiger partial charge on any atom is -0.456 e. The first kappa shape index (κ1) is 82.0. The van der Waals surface area contributed by atoms with Gasteiger partial charge >= 0.3 is 0 Å². The molecule has 0 spiro atoms. The highest BCUT2D eigenvalue weighted by atomic mass is 16.3. The van der Waals surface area contributed by atoms with Crippen LogP contribution in [0.3, 0.4) is 0 Å². The van der Waals surface area contributed by atoms with Gasteiger partial charge in [-0.2, -0.15) is 0 Å². The number of fused-ring (bicyclic) bond motifs is 32. The molecule has 33 aromatic rings. The van der Waals surface area contributed by atoms with E-state index in [0.29, 0.717) is 0 Å². The van der Waals surface area contributed by atoms with Gasteiger partial charge < -0.3 is 40.7 Å². The lowest BCUT2D eigenvalue weighted by Crippen LogP contribution is -1.94. The summed E-state index contributed by atoms with van der Waals surface area (Å²) in [5, 5.41) is 28.9. The zero-order valence-corrected chi connectivity index (χ0v) is 79.4. The minimum absolute atomic E-state index is 0.909. The van der Waals surface area contributed by atoms with E-state index in [1.165, 1.54) is 197 Å². The molecule has 0 aliphatic heterocycles. The lowest BCUT2D eigenvalue weighted by molar-refractivity contribution is 0.669. The molecule has 9 aromatic heterocycles. The van der Waals surface area contributed by atoms with Crippen LogP contribution in [0.4, 0.5) is 0 Å². The van der Waals surface area contributed by atoms with Gasteiger partial charge in [0.2, 0.25) is 0 Å². The van der Waals surface area contributed by atoms with E-state index in [-0.39, 0.29) is 0 Å². The van der Waals surface area contributed by atoms with E-state index in [4.69, 9.17) is 13.3 Å². The van der Waals surface area contributed by atoms with E-state index in [0.717, 1.165) is 99.3 Å². The van der Waals surface area contributed by atoms with Gasteiger partial charge in [-0.1, -0.05) is 291 Å². The van der Waals surface area contributed by atoms with E-state index in [9.17, 15) is 0 Å². The summed E-state index contributed by atoms with van der Waals surface area (Å²) in [4.78, 5) is 0. The van der Waals surface area contributed by atoms with Crippen LogP contribution >= 0.6 is 0 Å². The average molecular weight is 1870 g/mol. The fraction of sp³-hybridized carbons (Fsp3) is 0. The van der Waals surface area contributed by atoms with Crippen molar-refractivity contribution < 1.29 is 13.3 Å². The Kier molecular flexibility index (Phi) is 18.1. The maximum Gasteiger partial charge on any atom is 0.145 e. The van der Waals surface area contributed by atoms with Crippen molar-refractivity contribution in [3.8, 4) is 67.5 Å². The second-order valence-corrected chi connectivity index (χ2v) is 38.9. The molecule has 0 saturated carbocycles. The monoisotopic (exact) mass is 1870 g/mol. The molecule has 0 saturated heterocycles. The highest BCUT2D eigenvalue weighted by molar-refractivity contribution is 6.29. The van der Waals surface area contributed by atoms with Gasteiger partial charge in [0.25, 0.3) is 0 Å². The van der Waals surface area contributed by atoms with Crippen molar-refractivity contribution in [2.75, 3.05) is 0 Å². The predicted molar refractivity (Wildman–Crippen MR) is 616 cm³/mol. The molecule has 9 heterocycles. The summed E-state index contributed by atoms with van der Waals surface area (Å²) in [6.07, 6.45) is 0. The van der Waals surface area contributed by atoms with Crippen molar-refractivity contribution in [3.05, 3.63) is 510 Å². The van der Waals surface area contributed by atoms with Gasteiger partial charge in [0.15, 0.2) is 0 Å². The third kappa shape index (κ3) is 12.8. The number of benzene rings is 24. The fourth-order valence-corrected chi connectivity index (χ4v) is 24.2. The summed E-state index contributed by atoms with van der Waals surface area (Å²) in [5.41, 5.74) is 33.8. The zero-order chi connectivity index (χ0) is 96.2. The molecule has 0 atom stereocenters. The van der Waals surface area contributed by atoms with Gasteiger partial charge in [0.1, 0.15) is 33.5 Å². The Hall–Kier alpha value is -19.7. The molecular formula is C138H84N6O3. The molecule has 0 bridgehead atoms. The van der Waals surface area contributed by atoms with Gasteiger partial charge in [-0.3, -0.25) is 0 Å². The number of nitrogens with zero attached hydrogens (tertiary/aromatic N) is 6. The number of rotatable bonds is 9. The maximum atomic E-state index is 6.67. The van der Waals surface area contributed by atoms with Crippen molar-refractivity contribution in [2.45, 2.75) is 0 Å². The third-order valence-corrected chi connectivity index (χ3v) is 30.8. The van der Waals surface area contributed by atoms with E-state index < -0.39 is 0 Å². The molecule has 9 heteroatoms. The Labute approximate surface area is 840 Å². The molecule has 0 unspecified atom stereocenters. The second-order valence-electron chi connectivity index (χ2n) is 38.9. The Morgan fingerprint density at radius 2 is 0.401 bits per heavy atom. The topological polar surface area (TPSA) is 69.0 Å². The third-order valence-electron chi connectivity index (χ3n) is 30.8. The van der Waals surface area contributed by atoms with E-state index >= 15 is 0 Å². The molecule has 9 nitrogen and oxygen atoms in total. The Bertz CT molecular complexity index is 11200. The summed E-state index contributed by atoms with van der Waals surface area (Å²) in [7, 11) is 0. The molecule has 147 heavy (non-hydrogen) atoms. The molecule has 33 rings (SSSR count). The molecule has 0 amide bonds. The van der Waals surface area contributed by atoms with Gasteiger partial charge in [-0.05, 0) is 284 Å². The van der Waals surface area contributed by atoms with Crippen LogP contribution in [0.15, 0.2) is 523 Å². The number of furan rings is 3. The van der Waals surface area contributed by atoms with Crippen molar-refractivity contribution >= 4 is 229 Å². The lowest BCUT2D eigenvalue weighted by Gasteiger charge is -2.10. The first-order valence-corrected chi connectivity index (χ1v) is 50.3. The van der Waals surface area contributed by atoms with Crippen LogP contribution < -0.4 is 0 Å². The van der Waals surface area contributed by atoms with Crippen LogP contribution in [0, 0.1) is 0 Å². The van der Waals surface area contributed by atoms with Gasteiger partial charge in [0.05, 0.1) is 71.6 Å². The molecule has 684 valence electrons. The van der Waals surface area contributed by atoms with Crippen molar-refractivity contribution in [3.63, 3.8) is 0 Å². The van der Waals surface area contributed by atoms with E-state index in [1.807, 2.05) is 18.2 Å².